The Balaban J connectivity index is 2.83. The first kappa shape index (κ1) is 30.1. The normalized spacial score (nSPS) is 10.4. The maximum absolute atomic E-state index is 12.0. The van der Waals surface area contributed by atoms with Gasteiger partial charge < -0.3 is 10.1 Å². The van der Waals surface area contributed by atoms with Crippen molar-refractivity contribution in [1.29, 1.82) is 0 Å². The van der Waals surface area contributed by atoms with E-state index in [-0.39, 0.29) is 29.2 Å². The van der Waals surface area contributed by atoms with Gasteiger partial charge in [-0.25, -0.2) is 0 Å². The van der Waals surface area contributed by atoms with Gasteiger partial charge in [0.05, 0.1) is 58.7 Å². The van der Waals surface area contributed by atoms with Crippen LogP contribution in [0.5, 0.6) is 0 Å². The molecule has 1 heterocycles. The number of nitrogens with zero attached hydrogens (tertiary/aromatic N) is 10. The molecule has 0 spiro atoms. The summed E-state index contributed by atoms with van der Waals surface area (Å²) in [5.41, 5.74) is -15.9. The van der Waals surface area contributed by atoms with Crippen LogP contribution in [0.2, 0.25) is 0 Å². The van der Waals surface area contributed by atoms with E-state index in [4.69, 9.17) is 0 Å². The standard InChI is InChI=1S/C17H6N10O16/c28-20(29)7-3-10(22(32)33)14(11(4-7)23(34)35)19(9-1-2-18-17(27(42)43)16(9)26(40)41)15-12(24(36)37)5-8(21(30)31)6-13(15)25(38)39/h1-6H. The van der Waals surface area contributed by atoms with E-state index < -0.39 is 102 Å². The van der Waals surface area contributed by atoms with E-state index in [1.807, 2.05) is 0 Å². The van der Waals surface area contributed by atoms with Gasteiger partial charge in [0.25, 0.3) is 11.4 Å². The SMILES string of the molecule is O=[N+]([O-])c1cc([N+](=O)[O-])c(N(c2ccnc([N+](=O)[O-])c2[N+](=O)[O-])c2c([N+](=O)[O-])cc([N+](=O)[O-])cc2[N+](=O)[O-])c([N+](=O)[O-])c1. The molecule has 3 rings (SSSR count). The van der Waals surface area contributed by atoms with Crippen molar-refractivity contribution in [2.45, 2.75) is 0 Å². The van der Waals surface area contributed by atoms with Crippen molar-refractivity contribution in [3.63, 3.8) is 0 Å². The molecule has 220 valence electrons. The molecule has 0 fully saturated rings. The maximum Gasteiger partial charge on any atom is 0.444 e. The topological polar surface area (TPSA) is 361 Å². The summed E-state index contributed by atoms with van der Waals surface area (Å²) in [5, 5.41) is 94.4. The number of nitro benzene ring substituents is 6. The average molecular weight is 606 g/mol. The van der Waals surface area contributed by atoms with Gasteiger partial charge in [0.15, 0.2) is 0 Å². The van der Waals surface area contributed by atoms with E-state index in [0.29, 0.717) is 12.3 Å². The highest BCUT2D eigenvalue weighted by Crippen LogP contribution is 2.55. The summed E-state index contributed by atoms with van der Waals surface area (Å²) >= 11 is 0. The molecule has 0 saturated carbocycles. The summed E-state index contributed by atoms with van der Waals surface area (Å²) in [4.78, 5) is 85.5. The Kier molecular flexibility index (Phi) is 7.70. The van der Waals surface area contributed by atoms with Crippen molar-refractivity contribution in [2.75, 3.05) is 4.90 Å². The number of aromatic nitrogens is 1. The predicted molar refractivity (Wildman–Crippen MR) is 132 cm³/mol. The number of nitro groups is 8. The zero-order valence-electron chi connectivity index (χ0n) is 20.0. The number of pyridine rings is 1. The Morgan fingerprint density at radius 1 is 0.488 bits per heavy atom. The highest BCUT2D eigenvalue weighted by molar-refractivity contribution is 5.98. The zero-order chi connectivity index (χ0) is 32.5. The fraction of sp³-hybridized carbons (Fsp3) is 0. The minimum absolute atomic E-state index is 0.0554. The fourth-order valence-corrected chi connectivity index (χ4v) is 3.68. The second-order valence-corrected chi connectivity index (χ2v) is 7.56. The summed E-state index contributed by atoms with van der Waals surface area (Å²) in [6.07, 6.45) is 0.416. The first-order valence-electron chi connectivity index (χ1n) is 10.3. The molecular formula is C17H6N10O16. The molecule has 43 heavy (non-hydrogen) atoms. The molecule has 0 radical (unpaired) electrons. The smallest absolute Gasteiger partial charge is 0.358 e. The van der Waals surface area contributed by atoms with Crippen LogP contribution < -0.4 is 4.90 Å². The van der Waals surface area contributed by atoms with Crippen molar-refractivity contribution in [3.05, 3.63) is 117 Å². The third-order valence-electron chi connectivity index (χ3n) is 5.24. The largest absolute Gasteiger partial charge is 0.444 e. The number of benzene rings is 2. The fourth-order valence-electron chi connectivity index (χ4n) is 3.68. The van der Waals surface area contributed by atoms with E-state index in [1.165, 1.54) is 0 Å². The number of rotatable bonds is 11. The van der Waals surface area contributed by atoms with Crippen LogP contribution >= 0.6 is 0 Å². The monoisotopic (exact) mass is 606 g/mol. The van der Waals surface area contributed by atoms with E-state index in [1.54, 1.807) is 0 Å². The van der Waals surface area contributed by atoms with Crippen LogP contribution in [0.25, 0.3) is 0 Å². The van der Waals surface area contributed by atoms with E-state index in [9.17, 15) is 80.9 Å². The first-order chi connectivity index (χ1) is 20.0. The molecule has 26 heteroatoms. The minimum Gasteiger partial charge on any atom is -0.358 e. The minimum atomic E-state index is -1.77. The van der Waals surface area contributed by atoms with Gasteiger partial charge in [-0.15, -0.1) is 0 Å². The maximum atomic E-state index is 12.0. The highest BCUT2D eigenvalue weighted by Gasteiger charge is 2.46. The molecule has 0 aliphatic rings. The van der Waals surface area contributed by atoms with Crippen LogP contribution in [0.3, 0.4) is 0 Å². The molecule has 0 amide bonds. The zero-order valence-corrected chi connectivity index (χ0v) is 20.0. The summed E-state index contributed by atoms with van der Waals surface area (Å²) < 4.78 is 0. The summed E-state index contributed by atoms with van der Waals surface area (Å²) in [6, 6.07) is 0.619. The second-order valence-electron chi connectivity index (χ2n) is 7.56. The van der Waals surface area contributed by atoms with Gasteiger partial charge in [0.1, 0.15) is 11.9 Å². The lowest BCUT2D eigenvalue weighted by Gasteiger charge is -2.23. The molecule has 1 aromatic heterocycles. The average Bonchev–Trinajstić information content (AvgIpc) is 2.91. The summed E-state index contributed by atoms with van der Waals surface area (Å²) in [6.45, 7) is 0. The van der Waals surface area contributed by atoms with E-state index >= 15 is 0 Å². The van der Waals surface area contributed by atoms with E-state index in [0.717, 1.165) is 0 Å². The Bertz CT molecular complexity index is 1660. The van der Waals surface area contributed by atoms with Gasteiger partial charge in [-0.3, -0.25) is 75.7 Å². The number of anilines is 3. The van der Waals surface area contributed by atoms with Crippen molar-refractivity contribution in [1.82, 2.24) is 4.98 Å². The van der Waals surface area contributed by atoms with Crippen LogP contribution in [0.15, 0.2) is 36.5 Å². The highest BCUT2D eigenvalue weighted by atomic mass is 16.7. The lowest BCUT2D eigenvalue weighted by atomic mass is 10.1. The number of hydrogen-bond acceptors (Lipinski definition) is 18. The Morgan fingerprint density at radius 2 is 0.837 bits per heavy atom. The molecule has 0 unspecified atom stereocenters. The first-order valence-corrected chi connectivity index (χ1v) is 10.3. The summed E-state index contributed by atoms with van der Waals surface area (Å²) in [7, 11) is 0. The van der Waals surface area contributed by atoms with Crippen LogP contribution in [0.1, 0.15) is 0 Å². The van der Waals surface area contributed by atoms with Crippen LogP contribution in [-0.2, 0) is 0 Å². The number of non-ortho nitro benzene ring substituents is 2. The van der Waals surface area contributed by atoms with Gasteiger partial charge in [-0.2, -0.15) is 0 Å². The van der Waals surface area contributed by atoms with Gasteiger partial charge in [-0.05, 0) is 9.91 Å². The predicted octanol–water partition coefficient (Wildman–Crippen LogP) is 3.82. The molecule has 0 aliphatic heterocycles. The molecule has 0 atom stereocenters. The lowest BCUT2D eigenvalue weighted by Crippen LogP contribution is -2.19. The summed E-state index contributed by atoms with van der Waals surface area (Å²) in [5.74, 6) is -1.66. The van der Waals surface area contributed by atoms with Crippen LogP contribution in [-0.4, -0.2) is 44.4 Å². The molecule has 0 bridgehead atoms. The second kappa shape index (κ2) is 11.0. The van der Waals surface area contributed by atoms with Crippen molar-refractivity contribution in [2.24, 2.45) is 0 Å². The van der Waals surface area contributed by atoms with Crippen molar-refractivity contribution in [3.8, 4) is 0 Å². The van der Waals surface area contributed by atoms with Crippen molar-refractivity contribution < 1.29 is 39.4 Å². The van der Waals surface area contributed by atoms with Gasteiger partial charge in [-0.1, -0.05) is 0 Å². The molecular weight excluding hydrogens is 600 g/mol. The Hall–Kier alpha value is -7.41. The molecule has 2 aromatic carbocycles. The van der Waals surface area contributed by atoms with E-state index in [2.05, 4.69) is 4.98 Å². The van der Waals surface area contributed by atoms with Gasteiger partial charge >= 0.3 is 34.3 Å². The molecule has 3 aromatic rings. The quantitative estimate of drug-likeness (QED) is 0.221. The molecule has 0 N–H and O–H groups in total. The third-order valence-corrected chi connectivity index (χ3v) is 5.24. The van der Waals surface area contributed by atoms with Gasteiger partial charge in [0, 0.05) is 6.07 Å². The molecule has 26 nitrogen and oxygen atoms in total. The van der Waals surface area contributed by atoms with Crippen LogP contribution in [0, 0.1) is 80.9 Å². The molecule has 0 aliphatic carbocycles. The van der Waals surface area contributed by atoms with Crippen molar-refractivity contribution >= 4 is 62.7 Å². The van der Waals surface area contributed by atoms with Gasteiger partial charge in [0.2, 0.25) is 11.4 Å². The van der Waals surface area contributed by atoms with Crippen LogP contribution in [0.4, 0.5) is 62.7 Å². The Labute approximate surface area is 230 Å². The lowest BCUT2D eigenvalue weighted by molar-refractivity contribution is -0.425. The Morgan fingerprint density at radius 3 is 1.09 bits per heavy atom. The molecule has 0 saturated heterocycles. The number of hydrogen-bond donors (Lipinski definition) is 0. The third kappa shape index (κ3) is 5.39.